The fourth-order valence-electron chi connectivity index (χ4n) is 3.66. The number of hydrogen-bond donors (Lipinski definition) is 2. The molecule has 0 saturated carbocycles. The Morgan fingerprint density at radius 1 is 0.738 bits per heavy atom. The zero-order valence-corrected chi connectivity index (χ0v) is 21.5. The molecule has 222 valence electrons. The second-order valence-electron chi connectivity index (χ2n) is 8.65. The van der Waals surface area contributed by atoms with Crippen LogP contribution < -0.4 is 5.32 Å². The van der Waals surface area contributed by atoms with Gasteiger partial charge in [0.05, 0.1) is 22.3 Å². The smallest absolute Gasteiger partial charge is 0.416 e. The number of aliphatic carboxylic acids is 1. The summed E-state index contributed by atoms with van der Waals surface area (Å²) >= 11 is 0. The van der Waals surface area contributed by atoms with Crippen molar-refractivity contribution in [1.29, 1.82) is 0 Å². The van der Waals surface area contributed by atoms with Crippen molar-refractivity contribution < 1.29 is 60.1 Å². The van der Waals surface area contributed by atoms with Crippen molar-refractivity contribution in [3.05, 3.63) is 101 Å². The summed E-state index contributed by atoms with van der Waals surface area (Å²) < 4.78 is 88.6. The lowest BCUT2D eigenvalue weighted by molar-refractivity contribution is -0.157. The lowest BCUT2D eigenvalue weighted by Gasteiger charge is -2.24. The summed E-state index contributed by atoms with van der Waals surface area (Å²) in [6, 6.07) is 11.8. The van der Waals surface area contributed by atoms with Gasteiger partial charge >= 0.3 is 30.3 Å². The molecule has 1 amide bonds. The van der Waals surface area contributed by atoms with E-state index in [0.29, 0.717) is 36.2 Å². The van der Waals surface area contributed by atoms with Gasteiger partial charge in [-0.3, -0.25) is 4.79 Å². The number of rotatable bonds is 9. The molecule has 3 rings (SSSR count). The first-order chi connectivity index (χ1) is 19.6. The van der Waals surface area contributed by atoms with Crippen LogP contribution in [-0.2, 0) is 37.8 Å². The van der Waals surface area contributed by atoms with E-state index in [0.717, 1.165) is 24.3 Å². The predicted octanol–water partition coefficient (Wildman–Crippen LogP) is 5.76. The molecule has 0 aliphatic heterocycles. The Morgan fingerprint density at radius 2 is 1.21 bits per heavy atom. The normalized spacial score (nSPS) is 13.0. The molecule has 0 radical (unpaired) electrons. The third-order valence-corrected chi connectivity index (χ3v) is 5.75. The van der Waals surface area contributed by atoms with Crippen molar-refractivity contribution in [3.63, 3.8) is 0 Å². The van der Waals surface area contributed by atoms with Gasteiger partial charge in [-0.05, 0) is 54.4 Å². The number of carboxylic acid groups (broad SMARTS) is 1. The Labute approximate surface area is 233 Å². The third kappa shape index (κ3) is 7.86. The predicted molar refractivity (Wildman–Crippen MR) is 133 cm³/mol. The molecule has 0 unspecified atom stereocenters. The molecule has 2 N–H and O–H groups in total. The average Bonchev–Trinajstić information content (AvgIpc) is 2.94. The molecule has 0 aliphatic rings. The van der Waals surface area contributed by atoms with Gasteiger partial charge in [0, 0.05) is 5.69 Å². The van der Waals surface area contributed by atoms with Crippen LogP contribution in [0.4, 0.5) is 32.0 Å². The van der Waals surface area contributed by atoms with Crippen LogP contribution in [0.25, 0.3) is 0 Å². The number of carbonyl (C=O) groups excluding carboxylic acids is 3. The van der Waals surface area contributed by atoms with Gasteiger partial charge in [-0.2, -0.15) is 26.3 Å². The maximum Gasteiger partial charge on any atom is 0.416 e. The molecular formula is C28H21F6NO7. The number of para-hydroxylation sites is 1. The molecule has 0 spiro atoms. The minimum absolute atomic E-state index is 0.151. The summed E-state index contributed by atoms with van der Waals surface area (Å²) in [5, 5.41) is 12.1. The minimum atomic E-state index is -4.86. The summed E-state index contributed by atoms with van der Waals surface area (Å²) in [6.45, 7) is 1.73. The maximum atomic E-state index is 13.3. The van der Waals surface area contributed by atoms with E-state index in [1.165, 1.54) is 12.1 Å². The SMILES string of the molecule is CCc1ccccc1NC(=O)[C@H](OC(=O)c1cccc(C(F)(F)F)c1)[C@H](OC(=O)c1cccc(C(F)(F)F)c1)C(=O)O. The van der Waals surface area contributed by atoms with Gasteiger partial charge in [-0.15, -0.1) is 0 Å². The molecule has 0 aliphatic carbocycles. The number of alkyl halides is 6. The number of hydrogen-bond acceptors (Lipinski definition) is 6. The van der Waals surface area contributed by atoms with Crippen LogP contribution in [0.2, 0.25) is 0 Å². The molecule has 0 saturated heterocycles. The number of carbonyl (C=O) groups is 4. The van der Waals surface area contributed by atoms with Gasteiger partial charge in [0.2, 0.25) is 12.2 Å². The summed E-state index contributed by atoms with van der Waals surface area (Å²) in [4.78, 5) is 50.9. The van der Waals surface area contributed by atoms with Crippen LogP contribution in [0.1, 0.15) is 44.3 Å². The number of esters is 2. The first-order valence-corrected chi connectivity index (χ1v) is 12.0. The Balaban J connectivity index is 1.99. The standard InChI is InChI=1S/C28H21F6NO7/c1-2-15-7-3-4-12-20(15)35-23(36)21(41-25(39)16-8-5-10-18(13-16)27(29,30)31)22(24(37)38)42-26(40)17-9-6-11-19(14-17)28(32,33)34/h3-14,21-22H,2H2,1H3,(H,35,36)(H,37,38)/t21-,22+/m1/s1. The van der Waals surface area contributed by atoms with Gasteiger partial charge in [0.1, 0.15) is 0 Å². The van der Waals surface area contributed by atoms with E-state index in [-0.39, 0.29) is 5.69 Å². The van der Waals surface area contributed by atoms with Gasteiger partial charge in [-0.1, -0.05) is 37.3 Å². The van der Waals surface area contributed by atoms with Crippen LogP contribution in [0.15, 0.2) is 72.8 Å². The number of halogens is 6. The van der Waals surface area contributed by atoms with Gasteiger partial charge in [-0.25, -0.2) is 14.4 Å². The molecule has 14 heteroatoms. The number of carboxylic acids is 1. The quantitative estimate of drug-likeness (QED) is 0.238. The van der Waals surface area contributed by atoms with Crippen LogP contribution in [0.3, 0.4) is 0 Å². The van der Waals surface area contributed by atoms with Crippen LogP contribution in [0.5, 0.6) is 0 Å². The lowest BCUT2D eigenvalue weighted by atomic mass is 10.1. The van der Waals surface area contributed by atoms with Gasteiger partial charge < -0.3 is 19.9 Å². The third-order valence-electron chi connectivity index (χ3n) is 5.75. The molecule has 0 heterocycles. The van der Waals surface area contributed by atoms with E-state index in [1.54, 1.807) is 19.1 Å². The minimum Gasteiger partial charge on any atom is -0.478 e. The van der Waals surface area contributed by atoms with Crippen molar-refractivity contribution in [2.45, 2.75) is 37.9 Å². The molecule has 0 fully saturated rings. The van der Waals surface area contributed by atoms with Crippen molar-refractivity contribution in [1.82, 2.24) is 0 Å². The zero-order chi connectivity index (χ0) is 31.2. The number of nitrogens with one attached hydrogen (secondary N) is 1. The van der Waals surface area contributed by atoms with Crippen LogP contribution in [0, 0.1) is 0 Å². The topological polar surface area (TPSA) is 119 Å². The number of ether oxygens (including phenoxy) is 2. The number of amides is 1. The van der Waals surface area contributed by atoms with Crippen molar-refractivity contribution in [2.75, 3.05) is 5.32 Å². The number of anilines is 1. The van der Waals surface area contributed by atoms with Crippen LogP contribution in [-0.4, -0.2) is 41.1 Å². The van der Waals surface area contributed by atoms with E-state index in [1.807, 2.05) is 0 Å². The molecule has 3 aromatic rings. The summed E-state index contributed by atoms with van der Waals surface area (Å²) in [5.74, 6) is -6.58. The second-order valence-corrected chi connectivity index (χ2v) is 8.65. The summed E-state index contributed by atoms with van der Waals surface area (Å²) in [5.41, 5.74) is -3.26. The summed E-state index contributed by atoms with van der Waals surface area (Å²) in [6.07, 6.45) is -14.5. The fraction of sp³-hybridized carbons (Fsp3) is 0.214. The molecule has 2 atom stereocenters. The van der Waals surface area contributed by atoms with Crippen molar-refractivity contribution >= 4 is 29.5 Å². The molecule has 0 aromatic heterocycles. The number of benzene rings is 3. The molecular weight excluding hydrogens is 576 g/mol. The average molecular weight is 597 g/mol. The maximum absolute atomic E-state index is 13.3. The monoisotopic (exact) mass is 597 g/mol. The first kappa shape index (κ1) is 31.6. The summed E-state index contributed by atoms with van der Waals surface area (Å²) in [7, 11) is 0. The van der Waals surface area contributed by atoms with E-state index in [2.05, 4.69) is 5.32 Å². The lowest BCUT2D eigenvalue weighted by Crippen LogP contribution is -2.48. The highest BCUT2D eigenvalue weighted by Crippen LogP contribution is 2.31. The van der Waals surface area contributed by atoms with Gasteiger partial charge in [0.15, 0.2) is 0 Å². The molecule has 8 nitrogen and oxygen atoms in total. The second kappa shape index (κ2) is 12.7. The van der Waals surface area contributed by atoms with E-state index in [9.17, 15) is 50.6 Å². The highest BCUT2D eigenvalue weighted by molar-refractivity contribution is 6.02. The van der Waals surface area contributed by atoms with Crippen molar-refractivity contribution in [2.24, 2.45) is 0 Å². The highest BCUT2D eigenvalue weighted by atomic mass is 19.4. The van der Waals surface area contributed by atoms with E-state index >= 15 is 0 Å². The van der Waals surface area contributed by atoms with Crippen LogP contribution >= 0.6 is 0 Å². The Hall–Kier alpha value is -4.88. The zero-order valence-electron chi connectivity index (χ0n) is 21.5. The Kier molecular flexibility index (Phi) is 9.60. The Morgan fingerprint density at radius 3 is 1.67 bits per heavy atom. The molecule has 42 heavy (non-hydrogen) atoms. The first-order valence-electron chi connectivity index (χ1n) is 12.0. The van der Waals surface area contributed by atoms with Crippen molar-refractivity contribution in [3.8, 4) is 0 Å². The number of aryl methyl sites for hydroxylation is 1. The van der Waals surface area contributed by atoms with Gasteiger partial charge in [0.25, 0.3) is 5.91 Å². The van der Waals surface area contributed by atoms with E-state index in [4.69, 9.17) is 9.47 Å². The van der Waals surface area contributed by atoms with E-state index < -0.39 is 70.6 Å². The largest absolute Gasteiger partial charge is 0.478 e. The fourth-order valence-corrected chi connectivity index (χ4v) is 3.66. The molecule has 0 bridgehead atoms. The Bertz CT molecular complexity index is 1490. The highest BCUT2D eigenvalue weighted by Gasteiger charge is 2.42. The molecule has 3 aromatic carbocycles.